The van der Waals surface area contributed by atoms with E-state index in [2.05, 4.69) is 38.4 Å². The fraction of sp³-hybridized carbons (Fsp3) is 0.200. The van der Waals surface area contributed by atoms with E-state index in [0.717, 1.165) is 10.9 Å². The van der Waals surface area contributed by atoms with Gasteiger partial charge < -0.3 is 11.1 Å². The molecule has 3 N–H and O–H groups in total. The zero-order valence-corrected chi connectivity index (χ0v) is 12.3. The zero-order valence-electron chi connectivity index (χ0n) is 10.7. The summed E-state index contributed by atoms with van der Waals surface area (Å²) in [5.74, 6) is 0.490. The van der Waals surface area contributed by atoms with Crippen molar-refractivity contribution in [3.63, 3.8) is 0 Å². The summed E-state index contributed by atoms with van der Waals surface area (Å²) >= 11 is 3.30. The van der Waals surface area contributed by atoms with Gasteiger partial charge in [0.2, 0.25) is 0 Å². The third-order valence-corrected chi connectivity index (χ3v) is 3.90. The second-order valence-corrected chi connectivity index (χ2v) is 5.83. The molecule has 0 spiro atoms. The largest absolute Gasteiger partial charge is 0.383 e. The van der Waals surface area contributed by atoms with Crippen molar-refractivity contribution >= 4 is 27.7 Å². The maximum Gasteiger partial charge on any atom is 0.255 e. The molecule has 0 saturated heterocycles. The molecular weight excluding hydrogens is 318 g/mol. The van der Waals surface area contributed by atoms with Gasteiger partial charge in [-0.15, -0.1) is 0 Å². The number of carbonyl (C=O) groups excluding carboxylic acids is 1. The molecule has 1 fully saturated rings. The van der Waals surface area contributed by atoms with Gasteiger partial charge in [-0.25, -0.2) is 4.98 Å². The van der Waals surface area contributed by atoms with E-state index < -0.39 is 0 Å². The Bertz CT molecular complexity index is 645. The van der Waals surface area contributed by atoms with Gasteiger partial charge in [0.05, 0.1) is 5.56 Å². The highest BCUT2D eigenvalue weighted by atomic mass is 79.9. The molecule has 20 heavy (non-hydrogen) atoms. The van der Waals surface area contributed by atoms with Crippen molar-refractivity contribution < 1.29 is 4.79 Å². The molecule has 1 aromatic heterocycles. The molecule has 3 rings (SSSR count). The number of pyridine rings is 1. The first-order valence-corrected chi connectivity index (χ1v) is 7.21. The standard InChI is InChI=1S/C15H14BrN3O/c16-10-6-12(14(17)18-8-10)15(20)19-13-7-11(13)9-4-2-1-3-5-9/h1-6,8,11,13H,7H2,(H2,17,18)(H,19,20). The summed E-state index contributed by atoms with van der Waals surface area (Å²) < 4.78 is 0.743. The van der Waals surface area contributed by atoms with Gasteiger partial charge in [0.15, 0.2) is 0 Å². The molecule has 4 nitrogen and oxygen atoms in total. The summed E-state index contributed by atoms with van der Waals surface area (Å²) in [6, 6.07) is 12.1. The molecule has 5 heteroatoms. The Kier molecular flexibility index (Phi) is 3.44. The van der Waals surface area contributed by atoms with Crippen LogP contribution < -0.4 is 11.1 Å². The van der Waals surface area contributed by atoms with Gasteiger partial charge >= 0.3 is 0 Å². The number of aromatic nitrogens is 1. The lowest BCUT2D eigenvalue weighted by atomic mass is 10.1. The normalized spacial score (nSPS) is 20.4. The van der Waals surface area contributed by atoms with Crippen molar-refractivity contribution in [3.05, 3.63) is 58.2 Å². The number of hydrogen-bond donors (Lipinski definition) is 2. The fourth-order valence-corrected chi connectivity index (χ4v) is 2.63. The molecule has 1 saturated carbocycles. The van der Waals surface area contributed by atoms with Crippen molar-refractivity contribution in [1.29, 1.82) is 0 Å². The monoisotopic (exact) mass is 331 g/mol. The number of hydrogen-bond acceptors (Lipinski definition) is 3. The van der Waals surface area contributed by atoms with Crippen LogP contribution in [-0.2, 0) is 0 Å². The number of nitrogens with zero attached hydrogens (tertiary/aromatic N) is 1. The maximum atomic E-state index is 12.2. The number of amides is 1. The molecular formula is C15H14BrN3O. The predicted molar refractivity (Wildman–Crippen MR) is 81.4 cm³/mol. The van der Waals surface area contributed by atoms with E-state index in [1.165, 1.54) is 5.56 Å². The smallest absolute Gasteiger partial charge is 0.255 e. The highest BCUT2D eigenvalue weighted by Gasteiger charge is 2.39. The predicted octanol–water partition coefficient (Wildman–Crippen LogP) is 2.71. The number of benzene rings is 1. The van der Waals surface area contributed by atoms with Gasteiger partial charge in [-0.1, -0.05) is 30.3 Å². The van der Waals surface area contributed by atoms with Gasteiger partial charge in [0.1, 0.15) is 5.82 Å². The van der Waals surface area contributed by atoms with E-state index in [-0.39, 0.29) is 17.8 Å². The Morgan fingerprint density at radius 2 is 2.10 bits per heavy atom. The molecule has 2 aromatic rings. The van der Waals surface area contributed by atoms with Crippen LogP contribution in [-0.4, -0.2) is 16.9 Å². The topological polar surface area (TPSA) is 68.0 Å². The van der Waals surface area contributed by atoms with E-state index in [1.54, 1.807) is 12.3 Å². The van der Waals surface area contributed by atoms with Crippen molar-refractivity contribution in [2.75, 3.05) is 5.73 Å². The van der Waals surface area contributed by atoms with Crippen LogP contribution in [0.1, 0.15) is 28.3 Å². The number of halogens is 1. The van der Waals surface area contributed by atoms with Gasteiger partial charge in [-0.05, 0) is 34.0 Å². The summed E-state index contributed by atoms with van der Waals surface area (Å²) in [4.78, 5) is 16.2. The van der Waals surface area contributed by atoms with Gasteiger partial charge in [0.25, 0.3) is 5.91 Å². The second-order valence-electron chi connectivity index (χ2n) is 4.92. The van der Waals surface area contributed by atoms with Gasteiger partial charge in [-0.3, -0.25) is 4.79 Å². The molecule has 2 atom stereocenters. The maximum absolute atomic E-state index is 12.2. The highest BCUT2D eigenvalue weighted by molar-refractivity contribution is 9.10. The number of anilines is 1. The first-order chi connectivity index (χ1) is 9.65. The van der Waals surface area contributed by atoms with E-state index in [9.17, 15) is 4.79 Å². The molecule has 1 aliphatic carbocycles. The highest BCUT2D eigenvalue weighted by Crippen LogP contribution is 2.40. The fourth-order valence-electron chi connectivity index (χ4n) is 2.30. The summed E-state index contributed by atoms with van der Waals surface area (Å²) in [5, 5.41) is 3.01. The van der Waals surface area contributed by atoms with E-state index >= 15 is 0 Å². The van der Waals surface area contributed by atoms with Gasteiger partial charge in [-0.2, -0.15) is 0 Å². The summed E-state index contributed by atoms with van der Waals surface area (Å²) in [6.45, 7) is 0. The molecule has 0 radical (unpaired) electrons. The SMILES string of the molecule is Nc1ncc(Br)cc1C(=O)NC1CC1c1ccccc1. The van der Waals surface area contributed by atoms with Crippen LogP contribution in [0, 0.1) is 0 Å². The van der Waals surface area contributed by atoms with E-state index in [1.807, 2.05) is 18.2 Å². The molecule has 1 aliphatic rings. The molecule has 102 valence electrons. The molecule has 1 amide bonds. The first-order valence-electron chi connectivity index (χ1n) is 6.42. The van der Waals surface area contributed by atoms with Crippen molar-refractivity contribution in [3.8, 4) is 0 Å². The first kappa shape index (κ1) is 13.1. The lowest BCUT2D eigenvalue weighted by Gasteiger charge is -2.07. The average Bonchev–Trinajstić information content (AvgIpc) is 3.21. The van der Waals surface area contributed by atoms with E-state index in [0.29, 0.717) is 11.5 Å². The Morgan fingerprint density at radius 3 is 2.85 bits per heavy atom. The van der Waals surface area contributed by atoms with Crippen LogP contribution in [0.4, 0.5) is 5.82 Å². The van der Waals surface area contributed by atoms with E-state index in [4.69, 9.17) is 5.73 Å². The molecule has 0 bridgehead atoms. The number of rotatable bonds is 3. The summed E-state index contributed by atoms with van der Waals surface area (Å²) in [6.07, 6.45) is 2.55. The van der Waals surface area contributed by atoms with Crippen LogP contribution in [0.3, 0.4) is 0 Å². The third kappa shape index (κ3) is 2.67. The van der Waals surface area contributed by atoms with Crippen molar-refractivity contribution in [1.82, 2.24) is 10.3 Å². The molecule has 1 heterocycles. The van der Waals surface area contributed by atoms with Crippen LogP contribution >= 0.6 is 15.9 Å². The minimum absolute atomic E-state index is 0.167. The Labute approximate surface area is 125 Å². The summed E-state index contributed by atoms with van der Waals surface area (Å²) in [7, 11) is 0. The Hall–Kier alpha value is -1.88. The average molecular weight is 332 g/mol. The number of nitrogens with two attached hydrogens (primary N) is 1. The third-order valence-electron chi connectivity index (χ3n) is 3.46. The number of carbonyl (C=O) groups is 1. The Morgan fingerprint density at radius 1 is 1.35 bits per heavy atom. The van der Waals surface area contributed by atoms with Crippen LogP contribution in [0.25, 0.3) is 0 Å². The lowest BCUT2D eigenvalue weighted by molar-refractivity contribution is 0.0951. The quantitative estimate of drug-likeness (QED) is 0.908. The van der Waals surface area contributed by atoms with Crippen LogP contribution in [0.5, 0.6) is 0 Å². The van der Waals surface area contributed by atoms with Gasteiger partial charge in [0, 0.05) is 22.6 Å². The molecule has 1 aromatic carbocycles. The minimum atomic E-state index is -0.167. The number of nitrogen functional groups attached to an aromatic ring is 1. The van der Waals surface area contributed by atoms with Crippen LogP contribution in [0.2, 0.25) is 0 Å². The Balaban J connectivity index is 1.68. The minimum Gasteiger partial charge on any atom is -0.383 e. The second kappa shape index (κ2) is 5.25. The zero-order chi connectivity index (χ0) is 14.1. The summed E-state index contributed by atoms with van der Waals surface area (Å²) in [5.41, 5.74) is 7.42. The number of nitrogens with one attached hydrogen (secondary N) is 1. The molecule has 2 unspecified atom stereocenters. The molecule has 0 aliphatic heterocycles. The lowest BCUT2D eigenvalue weighted by Crippen LogP contribution is -2.27. The van der Waals surface area contributed by atoms with Crippen molar-refractivity contribution in [2.45, 2.75) is 18.4 Å². The van der Waals surface area contributed by atoms with Crippen LogP contribution in [0.15, 0.2) is 47.1 Å². The van der Waals surface area contributed by atoms with Crippen molar-refractivity contribution in [2.24, 2.45) is 0 Å².